The summed E-state index contributed by atoms with van der Waals surface area (Å²) in [6.45, 7) is 5.68. The van der Waals surface area contributed by atoms with E-state index in [0.29, 0.717) is 34.0 Å². The lowest BCUT2D eigenvalue weighted by Crippen LogP contribution is -2.54. The van der Waals surface area contributed by atoms with Crippen molar-refractivity contribution in [3.63, 3.8) is 0 Å². The van der Waals surface area contributed by atoms with Crippen molar-refractivity contribution in [3.05, 3.63) is 83.4 Å². The molecule has 1 heterocycles. The van der Waals surface area contributed by atoms with Crippen LogP contribution in [0.25, 0.3) is 0 Å². The number of ether oxygens (including phenoxy) is 2. The van der Waals surface area contributed by atoms with Gasteiger partial charge in [0, 0.05) is 30.8 Å². The normalized spacial score (nSPS) is 16.3. The number of primary amides is 1. The van der Waals surface area contributed by atoms with E-state index in [0.717, 1.165) is 10.5 Å². The summed E-state index contributed by atoms with van der Waals surface area (Å²) in [6, 6.07) is 16.1. The molecule has 3 aromatic rings. The largest absolute Gasteiger partial charge is 0.493 e. The molecule has 286 valence electrons. The number of carbonyl (C=O) groups excluding carboxylic acids is 6. The fraction of sp³-hybridized carbons (Fsp3) is 0.400. The Labute approximate surface area is 314 Å². The van der Waals surface area contributed by atoms with Gasteiger partial charge in [-0.15, -0.1) is 0 Å². The van der Waals surface area contributed by atoms with E-state index in [9.17, 15) is 28.8 Å². The topological polar surface area (TPSA) is 189 Å². The lowest BCUT2D eigenvalue weighted by atomic mass is 9.79. The highest BCUT2D eigenvalue weighted by Gasteiger charge is 2.60. The number of carbonyl (C=O) groups is 6. The number of amides is 7. The van der Waals surface area contributed by atoms with Crippen LogP contribution in [0.15, 0.2) is 66.7 Å². The van der Waals surface area contributed by atoms with Gasteiger partial charge in [0.2, 0.25) is 11.8 Å². The maximum atomic E-state index is 14.6. The van der Waals surface area contributed by atoms with Crippen LogP contribution in [0.3, 0.4) is 0 Å². The number of hydrogen-bond acceptors (Lipinski definition) is 8. The smallest absolute Gasteiger partial charge is 0.328 e. The van der Waals surface area contributed by atoms with Crippen LogP contribution in [0.5, 0.6) is 11.5 Å². The molecule has 3 aromatic carbocycles. The molecule has 2 fully saturated rings. The molecule has 0 bridgehead atoms. The van der Waals surface area contributed by atoms with Gasteiger partial charge in [-0.3, -0.25) is 19.2 Å². The number of rotatable bonds is 14. The molecule has 0 radical (unpaired) electrons. The highest BCUT2D eigenvalue weighted by molar-refractivity contribution is 6.10. The van der Waals surface area contributed by atoms with E-state index in [4.69, 9.17) is 15.2 Å². The minimum Gasteiger partial charge on any atom is -0.493 e. The highest BCUT2D eigenvalue weighted by atomic mass is 16.5. The molecule has 1 aliphatic carbocycles. The minimum atomic E-state index is -1.33. The second-order valence-electron chi connectivity index (χ2n) is 14.2. The second kappa shape index (κ2) is 16.8. The Balaban J connectivity index is 1.40. The molecule has 1 saturated heterocycles. The van der Waals surface area contributed by atoms with Gasteiger partial charge in [-0.25, -0.2) is 14.5 Å². The van der Waals surface area contributed by atoms with E-state index < -0.39 is 47.4 Å². The molecule has 1 saturated carbocycles. The lowest BCUT2D eigenvalue weighted by molar-refractivity contribution is -0.142. The van der Waals surface area contributed by atoms with Crippen molar-refractivity contribution >= 4 is 46.9 Å². The quantitative estimate of drug-likeness (QED) is 0.157. The molecule has 0 aromatic heterocycles. The van der Waals surface area contributed by atoms with Gasteiger partial charge in [0.1, 0.15) is 17.4 Å². The molecule has 5 N–H and O–H groups in total. The van der Waals surface area contributed by atoms with Gasteiger partial charge in [0.25, 0.3) is 5.91 Å². The zero-order chi connectivity index (χ0) is 39.2. The molecule has 54 heavy (non-hydrogen) atoms. The molecule has 5 rings (SSSR count). The van der Waals surface area contributed by atoms with Crippen molar-refractivity contribution in [1.29, 1.82) is 0 Å². The monoisotopic (exact) mass is 740 g/mol. The van der Waals surface area contributed by atoms with Gasteiger partial charge in [-0.05, 0) is 79.1 Å². The molecule has 1 spiro atoms. The van der Waals surface area contributed by atoms with Gasteiger partial charge in [0.15, 0.2) is 11.5 Å². The number of ketones is 1. The van der Waals surface area contributed by atoms with Crippen LogP contribution >= 0.6 is 0 Å². The van der Waals surface area contributed by atoms with Gasteiger partial charge in [-0.2, -0.15) is 0 Å². The summed E-state index contributed by atoms with van der Waals surface area (Å²) in [7, 11) is 2.95. The summed E-state index contributed by atoms with van der Waals surface area (Å²) in [6.07, 6.45) is 0.363. The van der Waals surface area contributed by atoms with Crippen molar-refractivity contribution in [3.8, 4) is 11.5 Å². The van der Waals surface area contributed by atoms with E-state index in [1.54, 1.807) is 48.5 Å². The van der Waals surface area contributed by atoms with Gasteiger partial charge >= 0.3 is 12.1 Å². The van der Waals surface area contributed by atoms with Crippen LogP contribution in [0.2, 0.25) is 0 Å². The average molecular weight is 741 g/mol. The second-order valence-corrected chi connectivity index (χ2v) is 14.2. The third-order valence-corrected chi connectivity index (χ3v) is 9.99. The molecule has 2 atom stereocenters. The average Bonchev–Trinajstić information content (AvgIpc) is 3.33. The number of anilines is 2. The predicted octanol–water partition coefficient (Wildman–Crippen LogP) is 5.45. The van der Waals surface area contributed by atoms with Crippen LogP contribution in [-0.4, -0.2) is 71.2 Å². The zero-order valence-corrected chi connectivity index (χ0v) is 31.3. The third-order valence-electron chi connectivity index (χ3n) is 9.99. The van der Waals surface area contributed by atoms with Crippen molar-refractivity contribution in [2.45, 2.75) is 83.5 Å². The van der Waals surface area contributed by atoms with E-state index in [2.05, 4.69) is 16.0 Å². The predicted molar refractivity (Wildman–Crippen MR) is 202 cm³/mol. The molecule has 1 aliphatic heterocycles. The molecular weight excluding hydrogens is 692 g/mol. The van der Waals surface area contributed by atoms with Crippen LogP contribution in [0.4, 0.5) is 21.0 Å². The first-order chi connectivity index (χ1) is 25.8. The van der Waals surface area contributed by atoms with Crippen molar-refractivity contribution < 1.29 is 38.2 Å². The van der Waals surface area contributed by atoms with Gasteiger partial charge in [0.05, 0.1) is 26.7 Å². The highest BCUT2D eigenvalue weighted by Crippen LogP contribution is 2.42. The maximum Gasteiger partial charge on any atom is 0.328 e. The summed E-state index contributed by atoms with van der Waals surface area (Å²) in [5, 5.41) is 8.51. The lowest BCUT2D eigenvalue weighted by Gasteiger charge is -2.37. The van der Waals surface area contributed by atoms with Crippen molar-refractivity contribution in [2.75, 3.05) is 24.9 Å². The number of nitrogens with two attached hydrogens (primary N) is 1. The molecule has 14 nitrogen and oxygen atoms in total. The van der Waals surface area contributed by atoms with Gasteiger partial charge in [-0.1, -0.05) is 50.2 Å². The summed E-state index contributed by atoms with van der Waals surface area (Å²) in [4.78, 5) is 83.2. The van der Waals surface area contributed by atoms with Gasteiger partial charge < -0.3 is 36.1 Å². The third kappa shape index (κ3) is 8.64. The fourth-order valence-electron chi connectivity index (χ4n) is 7.10. The number of Topliss-reactive ketones (excluding diaryl/α,β-unsaturated/α-hetero) is 1. The molecule has 0 unspecified atom stereocenters. The first-order valence-electron chi connectivity index (χ1n) is 18.0. The van der Waals surface area contributed by atoms with Crippen LogP contribution in [0.1, 0.15) is 75.1 Å². The first kappa shape index (κ1) is 39.3. The Morgan fingerprint density at radius 3 is 2.17 bits per heavy atom. The molecule has 14 heteroatoms. The number of hydrogen-bond donors (Lipinski definition) is 4. The summed E-state index contributed by atoms with van der Waals surface area (Å²) < 4.78 is 10.8. The Kier molecular flexibility index (Phi) is 12.2. The Morgan fingerprint density at radius 1 is 0.889 bits per heavy atom. The van der Waals surface area contributed by atoms with Crippen LogP contribution in [0, 0.1) is 12.8 Å². The molecule has 7 amide bonds. The number of nitrogens with one attached hydrogen (secondary N) is 3. The van der Waals surface area contributed by atoms with Crippen LogP contribution < -0.4 is 31.2 Å². The fourth-order valence-corrected chi connectivity index (χ4v) is 7.10. The standard InChI is InChI=1S/C40H48N6O8/c1-24(2)20-32(36(49)43-31(22-35(41)48)27-12-15-33(53-4)34(21-27)54-5)46-37(50)40(18-16-29(47)17-19-40)45(39(46)52)23-26-10-13-28(14-11-26)42-38(51)44-30-9-7-6-8-25(30)3/h6-15,21,24,31-32H,16-20,22-23H2,1-5H3,(H2,41,48)(H,43,49)(H2,42,44,51)/t31-,32+/m1/s1. The molecule has 2 aliphatic rings. The summed E-state index contributed by atoms with van der Waals surface area (Å²) >= 11 is 0. The number of aryl methyl sites for hydroxylation is 1. The van der Waals surface area contributed by atoms with Crippen molar-refractivity contribution in [1.82, 2.24) is 15.1 Å². The van der Waals surface area contributed by atoms with E-state index in [1.807, 2.05) is 39.0 Å². The van der Waals surface area contributed by atoms with Crippen molar-refractivity contribution in [2.24, 2.45) is 11.7 Å². The number of nitrogens with zero attached hydrogens (tertiary/aromatic N) is 2. The van der Waals surface area contributed by atoms with E-state index >= 15 is 0 Å². The number of para-hydroxylation sites is 1. The summed E-state index contributed by atoms with van der Waals surface area (Å²) in [5.41, 5.74) is 7.57. The van der Waals surface area contributed by atoms with E-state index in [-0.39, 0.29) is 56.8 Å². The number of urea groups is 2. The Morgan fingerprint density at radius 2 is 1.56 bits per heavy atom. The number of benzene rings is 3. The number of imide groups is 1. The summed E-state index contributed by atoms with van der Waals surface area (Å²) in [5.74, 6) is -1.13. The zero-order valence-electron chi connectivity index (χ0n) is 31.3. The Bertz CT molecular complexity index is 1900. The minimum absolute atomic E-state index is 0.000592. The Hall–Kier alpha value is -5.92. The van der Waals surface area contributed by atoms with E-state index in [1.165, 1.54) is 19.1 Å². The SMILES string of the molecule is COc1ccc([C@@H](CC(N)=O)NC(=O)[C@H](CC(C)C)N2C(=O)N(Cc3ccc(NC(=O)Nc4ccccc4C)cc3)C3(CCC(=O)CC3)C2=O)cc1OC. The number of methoxy groups -OCH3 is 2. The maximum absolute atomic E-state index is 14.6. The van der Waals surface area contributed by atoms with Crippen LogP contribution in [-0.2, 0) is 25.7 Å². The first-order valence-corrected chi connectivity index (χ1v) is 18.0. The molecular formula is C40H48N6O8.